The monoisotopic (exact) mass is 395 g/mol. The van der Waals surface area contributed by atoms with E-state index in [0.29, 0.717) is 17.7 Å². The van der Waals surface area contributed by atoms with E-state index in [1.54, 1.807) is 18.3 Å². The molecule has 0 unspecified atom stereocenters. The Kier molecular flexibility index (Phi) is 4.20. The fourth-order valence-electron chi connectivity index (χ4n) is 3.93. The summed E-state index contributed by atoms with van der Waals surface area (Å²) < 4.78 is 65.2. The van der Waals surface area contributed by atoms with Crippen molar-refractivity contribution in [2.45, 2.75) is 30.9 Å². The number of alkyl halides is 5. The highest BCUT2D eigenvalue weighted by molar-refractivity contribution is 6.14. The summed E-state index contributed by atoms with van der Waals surface area (Å²) in [4.78, 5) is 21.2. The molecule has 1 aromatic heterocycles. The summed E-state index contributed by atoms with van der Waals surface area (Å²) in [6.07, 6.45) is -5.13. The Morgan fingerprint density at radius 2 is 1.96 bits per heavy atom. The molecule has 1 atom stereocenters. The van der Waals surface area contributed by atoms with E-state index in [9.17, 15) is 26.7 Å². The van der Waals surface area contributed by atoms with Gasteiger partial charge in [0.25, 0.3) is 12.3 Å². The molecule has 1 aromatic carbocycles. The van der Waals surface area contributed by atoms with Gasteiger partial charge in [-0.25, -0.2) is 8.78 Å². The van der Waals surface area contributed by atoms with Gasteiger partial charge in [-0.05, 0) is 42.2 Å². The number of aliphatic imine (C=N–C) groups is 1. The molecule has 4 nitrogen and oxygen atoms in total. The number of carbonyl (C=O) groups is 1. The molecule has 0 saturated carbocycles. The van der Waals surface area contributed by atoms with E-state index in [0.717, 1.165) is 12.1 Å². The Labute approximate surface area is 156 Å². The van der Waals surface area contributed by atoms with Crippen LogP contribution in [0.2, 0.25) is 0 Å². The van der Waals surface area contributed by atoms with Gasteiger partial charge in [0, 0.05) is 17.5 Å². The van der Waals surface area contributed by atoms with Crippen LogP contribution in [-0.4, -0.2) is 29.7 Å². The van der Waals surface area contributed by atoms with Crippen molar-refractivity contribution in [2.24, 2.45) is 4.99 Å². The highest BCUT2D eigenvalue weighted by Gasteiger charge is 2.51. The molecule has 146 valence electrons. The second-order valence-corrected chi connectivity index (χ2v) is 6.70. The maximum absolute atomic E-state index is 13.3. The molecule has 2 aliphatic rings. The Bertz CT molecular complexity index is 986. The number of aromatic nitrogens is 1. The van der Waals surface area contributed by atoms with Gasteiger partial charge in [0.15, 0.2) is 0 Å². The average molecular weight is 395 g/mol. The van der Waals surface area contributed by atoms with Gasteiger partial charge < -0.3 is 5.32 Å². The molecule has 1 N–H and O–H groups in total. The predicted molar refractivity (Wildman–Crippen MR) is 90.3 cm³/mol. The van der Waals surface area contributed by atoms with Crippen LogP contribution < -0.4 is 5.32 Å². The fourth-order valence-corrected chi connectivity index (χ4v) is 3.93. The molecule has 1 spiro atoms. The van der Waals surface area contributed by atoms with Crippen molar-refractivity contribution in [1.82, 2.24) is 10.3 Å². The highest BCUT2D eigenvalue weighted by Crippen LogP contribution is 2.48. The highest BCUT2D eigenvalue weighted by atomic mass is 19.4. The first-order chi connectivity index (χ1) is 13.2. The number of fused-ring (bicyclic) bond motifs is 4. The van der Waals surface area contributed by atoms with Gasteiger partial charge in [0.05, 0.1) is 12.1 Å². The Morgan fingerprint density at radius 3 is 2.68 bits per heavy atom. The molecule has 4 rings (SSSR count). The number of halogens is 5. The summed E-state index contributed by atoms with van der Waals surface area (Å²) in [6.45, 7) is -0.766. The van der Waals surface area contributed by atoms with Crippen LogP contribution in [0.3, 0.4) is 0 Å². The van der Waals surface area contributed by atoms with E-state index in [1.165, 1.54) is 6.07 Å². The van der Waals surface area contributed by atoms with Gasteiger partial charge in [-0.1, -0.05) is 12.1 Å². The number of nitrogens with zero attached hydrogens (tertiary/aromatic N) is 2. The topological polar surface area (TPSA) is 54.4 Å². The van der Waals surface area contributed by atoms with Crippen LogP contribution in [-0.2, 0) is 22.8 Å². The van der Waals surface area contributed by atoms with Gasteiger partial charge in [-0.2, -0.15) is 18.2 Å². The standard InChI is InChI=1S/C19H14F5N3O/c20-15(21)9-26-16-11-4-3-10(19(22,23)24)8-13(11)18(17(28)27-16)6-5-14-12(18)2-1-7-25-14/h1-4,7-8,15H,5-6,9H2,(H,26,27,28)/t18-/m0/s1. The summed E-state index contributed by atoms with van der Waals surface area (Å²) in [5.74, 6) is -0.820. The molecular formula is C19H14F5N3O. The third-order valence-corrected chi connectivity index (χ3v) is 5.15. The fraction of sp³-hybridized carbons (Fsp3) is 0.316. The zero-order chi connectivity index (χ0) is 20.1. The van der Waals surface area contributed by atoms with Gasteiger partial charge in [0.2, 0.25) is 0 Å². The quantitative estimate of drug-likeness (QED) is 0.793. The third-order valence-electron chi connectivity index (χ3n) is 5.15. The maximum atomic E-state index is 13.3. The van der Waals surface area contributed by atoms with E-state index in [-0.39, 0.29) is 23.4 Å². The first kappa shape index (κ1) is 18.5. The van der Waals surface area contributed by atoms with Crippen molar-refractivity contribution in [3.8, 4) is 0 Å². The smallest absolute Gasteiger partial charge is 0.364 e. The van der Waals surface area contributed by atoms with Crippen molar-refractivity contribution in [3.05, 3.63) is 64.5 Å². The molecule has 2 aromatic rings. The number of nitrogens with one attached hydrogen (secondary N) is 1. The summed E-state index contributed by atoms with van der Waals surface area (Å²) in [5.41, 5.74) is -0.840. The number of benzene rings is 1. The molecule has 1 aliphatic heterocycles. The Balaban J connectivity index is 1.93. The molecule has 0 saturated heterocycles. The van der Waals surface area contributed by atoms with Gasteiger partial charge in [0.1, 0.15) is 11.3 Å². The van der Waals surface area contributed by atoms with Crippen LogP contribution in [0.25, 0.3) is 0 Å². The maximum Gasteiger partial charge on any atom is 0.416 e. The molecule has 1 amide bonds. The van der Waals surface area contributed by atoms with E-state index in [2.05, 4.69) is 15.3 Å². The number of pyridine rings is 1. The molecule has 9 heteroatoms. The minimum Gasteiger partial charge on any atom is -0.364 e. The lowest BCUT2D eigenvalue weighted by Crippen LogP contribution is -2.43. The molecule has 2 heterocycles. The van der Waals surface area contributed by atoms with Crippen molar-refractivity contribution in [1.29, 1.82) is 0 Å². The van der Waals surface area contributed by atoms with Crippen molar-refractivity contribution >= 4 is 11.7 Å². The SMILES string of the molecule is O=C1N=C(NCC(F)F)c2ccc(C(F)(F)F)cc2[C@@]12CCc1ncccc12. The normalized spacial score (nSPS) is 20.9. The Hall–Kier alpha value is -2.84. The average Bonchev–Trinajstić information content (AvgIpc) is 3.03. The molecule has 0 fully saturated rings. The summed E-state index contributed by atoms with van der Waals surface area (Å²) in [6, 6.07) is 6.23. The van der Waals surface area contributed by atoms with Gasteiger partial charge in [-0.3, -0.25) is 9.78 Å². The number of rotatable bonds is 2. The van der Waals surface area contributed by atoms with E-state index < -0.39 is 36.0 Å². The van der Waals surface area contributed by atoms with Crippen LogP contribution in [0.4, 0.5) is 22.0 Å². The first-order valence-electron chi connectivity index (χ1n) is 8.55. The largest absolute Gasteiger partial charge is 0.416 e. The molecule has 1 aliphatic carbocycles. The first-order valence-corrected chi connectivity index (χ1v) is 8.55. The number of aryl methyl sites for hydroxylation is 1. The summed E-state index contributed by atoms with van der Waals surface area (Å²) in [5, 5.41) is 2.38. The number of amides is 1. The molecule has 0 radical (unpaired) electrons. The van der Waals surface area contributed by atoms with E-state index >= 15 is 0 Å². The second kappa shape index (κ2) is 6.35. The predicted octanol–water partition coefficient (Wildman–Crippen LogP) is 3.47. The minimum absolute atomic E-state index is 0.117. The summed E-state index contributed by atoms with van der Waals surface area (Å²) >= 11 is 0. The van der Waals surface area contributed by atoms with E-state index in [4.69, 9.17) is 0 Å². The number of hydrogen-bond donors (Lipinski definition) is 1. The van der Waals surface area contributed by atoms with Crippen LogP contribution >= 0.6 is 0 Å². The van der Waals surface area contributed by atoms with Gasteiger partial charge >= 0.3 is 6.18 Å². The van der Waals surface area contributed by atoms with Crippen LogP contribution in [0, 0.1) is 0 Å². The zero-order valence-electron chi connectivity index (χ0n) is 14.4. The molecular weight excluding hydrogens is 381 g/mol. The lowest BCUT2D eigenvalue weighted by Gasteiger charge is -2.34. The second-order valence-electron chi connectivity index (χ2n) is 6.70. The van der Waals surface area contributed by atoms with Crippen LogP contribution in [0.15, 0.2) is 41.5 Å². The molecule has 0 bridgehead atoms. The third kappa shape index (κ3) is 2.76. The lowest BCUT2D eigenvalue weighted by atomic mass is 9.71. The van der Waals surface area contributed by atoms with Crippen LogP contribution in [0.1, 0.15) is 34.4 Å². The van der Waals surface area contributed by atoms with Gasteiger partial charge in [-0.15, -0.1) is 0 Å². The lowest BCUT2D eigenvalue weighted by molar-refractivity contribution is -0.137. The minimum atomic E-state index is -4.61. The van der Waals surface area contributed by atoms with E-state index in [1.807, 2.05) is 0 Å². The Morgan fingerprint density at radius 1 is 1.18 bits per heavy atom. The van der Waals surface area contributed by atoms with Crippen molar-refractivity contribution in [2.75, 3.05) is 6.54 Å². The van der Waals surface area contributed by atoms with Crippen molar-refractivity contribution < 1.29 is 26.7 Å². The van der Waals surface area contributed by atoms with Crippen LogP contribution in [0.5, 0.6) is 0 Å². The number of hydrogen-bond acceptors (Lipinski definition) is 3. The summed E-state index contributed by atoms with van der Waals surface area (Å²) in [7, 11) is 0. The number of amidine groups is 1. The van der Waals surface area contributed by atoms with Crippen molar-refractivity contribution in [3.63, 3.8) is 0 Å². The number of carbonyl (C=O) groups excluding carboxylic acids is 1. The zero-order valence-corrected chi connectivity index (χ0v) is 14.4. The molecule has 28 heavy (non-hydrogen) atoms.